The van der Waals surface area contributed by atoms with E-state index in [2.05, 4.69) is 22.8 Å². The summed E-state index contributed by atoms with van der Waals surface area (Å²) in [6.45, 7) is 7.75. The smallest absolute Gasteiger partial charge is 0.407 e. The number of nitrogens with one attached hydrogen (secondary N) is 2. The average molecular weight is 318 g/mol. The number of alkyl carbamates (subject to hydrolysis) is 1. The van der Waals surface area contributed by atoms with Crippen LogP contribution in [0.15, 0.2) is 30.3 Å². The molecule has 23 heavy (non-hydrogen) atoms. The highest BCUT2D eigenvalue weighted by atomic mass is 16.6. The summed E-state index contributed by atoms with van der Waals surface area (Å²) < 4.78 is 5.21. The maximum absolute atomic E-state index is 12.2. The summed E-state index contributed by atoms with van der Waals surface area (Å²) >= 11 is 0. The summed E-state index contributed by atoms with van der Waals surface area (Å²) in [5.74, 6) is -0.0102. The molecular formula is C18H26N2O3. The summed E-state index contributed by atoms with van der Waals surface area (Å²) in [4.78, 5) is 23.9. The molecule has 2 rings (SSSR count). The monoisotopic (exact) mass is 318 g/mol. The van der Waals surface area contributed by atoms with E-state index >= 15 is 0 Å². The molecule has 0 aromatic heterocycles. The molecule has 1 aliphatic rings. The minimum absolute atomic E-state index is 0.0132. The molecule has 0 unspecified atom stereocenters. The van der Waals surface area contributed by atoms with Gasteiger partial charge in [-0.05, 0) is 39.7 Å². The first-order valence-corrected chi connectivity index (χ1v) is 8.08. The van der Waals surface area contributed by atoms with E-state index in [-0.39, 0.29) is 30.3 Å². The fourth-order valence-electron chi connectivity index (χ4n) is 2.88. The number of piperidine rings is 1. The van der Waals surface area contributed by atoms with Gasteiger partial charge in [0.15, 0.2) is 0 Å². The van der Waals surface area contributed by atoms with Crippen LogP contribution in [0.4, 0.5) is 4.79 Å². The molecule has 1 fully saturated rings. The Bertz CT molecular complexity index is 551. The van der Waals surface area contributed by atoms with Crippen molar-refractivity contribution in [3.05, 3.63) is 35.9 Å². The molecule has 126 valence electrons. The van der Waals surface area contributed by atoms with Crippen molar-refractivity contribution < 1.29 is 14.3 Å². The van der Waals surface area contributed by atoms with Gasteiger partial charge in [-0.2, -0.15) is 0 Å². The van der Waals surface area contributed by atoms with E-state index in [0.717, 1.165) is 0 Å². The highest BCUT2D eigenvalue weighted by molar-refractivity contribution is 5.81. The van der Waals surface area contributed by atoms with Gasteiger partial charge in [0, 0.05) is 18.5 Å². The molecule has 3 atom stereocenters. The van der Waals surface area contributed by atoms with Crippen LogP contribution in [0.25, 0.3) is 0 Å². The highest BCUT2D eigenvalue weighted by Gasteiger charge is 2.34. The van der Waals surface area contributed by atoms with E-state index in [1.165, 1.54) is 5.56 Å². The third kappa shape index (κ3) is 4.98. The van der Waals surface area contributed by atoms with Crippen LogP contribution in [0.5, 0.6) is 0 Å². The topological polar surface area (TPSA) is 67.4 Å². The summed E-state index contributed by atoms with van der Waals surface area (Å²) in [6.07, 6.45) is 0.229. The SMILES string of the molecule is C[C@H]1NC(=O)[C@@H](CNC(=O)OC(C)(C)C)C[C@H]1c1ccccc1. The van der Waals surface area contributed by atoms with Crippen LogP contribution in [-0.4, -0.2) is 30.2 Å². The number of benzene rings is 1. The second-order valence-corrected chi connectivity index (χ2v) is 7.13. The molecule has 0 bridgehead atoms. The lowest BCUT2D eigenvalue weighted by molar-refractivity contribution is -0.127. The van der Waals surface area contributed by atoms with Crippen molar-refractivity contribution in [2.45, 2.75) is 51.7 Å². The number of rotatable bonds is 3. The quantitative estimate of drug-likeness (QED) is 0.900. The molecule has 2 amide bonds. The molecule has 1 heterocycles. The van der Waals surface area contributed by atoms with Gasteiger partial charge in [-0.3, -0.25) is 4.79 Å². The fraction of sp³-hybridized carbons (Fsp3) is 0.556. The van der Waals surface area contributed by atoms with E-state index in [1.807, 2.05) is 45.9 Å². The molecule has 2 N–H and O–H groups in total. The maximum atomic E-state index is 12.2. The Kier molecular flexibility index (Phi) is 5.29. The molecule has 1 aliphatic heterocycles. The zero-order valence-corrected chi connectivity index (χ0v) is 14.3. The largest absolute Gasteiger partial charge is 0.444 e. The normalized spacial score (nSPS) is 24.7. The fourth-order valence-corrected chi connectivity index (χ4v) is 2.88. The zero-order chi connectivity index (χ0) is 17.0. The van der Waals surface area contributed by atoms with Gasteiger partial charge in [0.2, 0.25) is 5.91 Å². The number of ether oxygens (including phenoxy) is 1. The molecule has 0 saturated carbocycles. The molecule has 0 spiro atoms. The van der Waals surface area contributed by atoms with Gasteiger partial charge in [0.05, 0.1) is 5.92 Å². The van der Waals surface area contributed by atoms with Gasteiger partial charge in [-0.15, -0.1) is 0 Å². The Hall–Kier alpha value is -2.04. The Labute approximate surface area is 137 Å². The van der Waals surface area contributed by atoms with E-state index in [4.69, 9.17) is 4.74 Å². The van der Waals surface area contributed by atoms with Gasteiger partial charge in [-0.1, -0.05) is 30.3 Å². The molecule has 1 saturated heterocycles. The number of amides is 2. The molecule has 0 aliphatic carbocycles. The lowest BCUT2D eigenvalue weighted by Gasteiger charge is -2.35. The predicted molar refractivity (Wildman–Crippen MR) is 89.1 cm³/mol. The van der Waals surface area contributed by atoms with Crippen molar-refractivity contribution in [2.75, 3.05) is 6.54 Å². The van der Waals surface area contributed by atoms with Crippen molar-refractivity contribution in [1.29, 1.82) is 0 Å². The second-order valence-electron chi connectivity index (χ2n) is 7.13. The number of carbonyl (C=O) groups is 2. The predicted octanol–water partition coefficient (Wildman–Crippen LogP) is 2.82. The first-order chi connectivity index (χ1) is 10.8. The van der Waals surface area contributed by atoms with Gasteiger partial charge in [-0.25, -0.2) is 4.79 Å². The Morgan fingerprint density at radius 3 is 2.57 bits per heavy atom. The van der Waals surface area contributed by atoms with E-state index in [1.54, 1.807) is 0 Å². The Morgan fingerprint density at radius 1 is 1.30 bits per heavy atom. The summed E-state index contributed by atoms with van der Waals surface area (Å²) in [5.41, 5.74) is 0.669. The third-order valence-electron chi connectivity index (χ3n) is 4.00. The van der Waals surface area contributed by atoms with Crippen LogP contribution in [-0.2, 0) is 9.53 Å². The van der Waals surface area contributed by atoms with Gasteiger partial charge < -0.3 is 15.4 Å². The van der Waals surface area contributed by atoms with Crippen molar-refractivity contribution in [1.82, 2.24) is 10.6 Å². The lowest BCUT2D eigenvalue weighted by Crippen LogP contribution is -2.50. The summed E-state index contributed by atoms with van der Waals surface area (Å²) in [7, 11) is 0. The summed E-state index contributed by atoms with van der Waals surface area (Å²) in [6, 6.07) is 10.2. The minimum Gasteiger partial charge on any atom is -0.444 e. The first kappa shape index (κ1) is 17.3. The molecular weight excluding hydrogens is 292 g/mol. The van der Waals surface area contributed by atoms with Crippen LogP contribution in [0.3, 0.4) is 0 Å². The Morgan fingerprint density at radius 2 is 1.96 bits per heavy atom. The van der Waals surface area contributed by atoms with Crippen LogP contribution in [0, 0.1) is 5.92 Å². The van der Waals surface area contributed by atoms with E-state index in [0.29, 0.717) is 6.42 Å². The molecule has 0 radical (unpaired) electrons. The third-order valence-corrected chi connectivity index (χ3v) is 4.00. The standard InChI is InChI=1S/C18H26N2O3/c1-12-15(13-8-6-5-7-9-13)10-14(16(21)20-12)11-19-17(22)23-18(2,3)4/h5-9,12,14-15H,10-11H2,1-4H3,(H,19,22)(H,20,21)/t12-,14-,15-/m1/s1. The van der Waals surface area contributed by atoms with Crippen molar-refractivity contribution >= 4 is 12.0 Å². The van der Waals surface area contributed by atoms with Crippen molar-refractivity contribution in [3.8, 4) is 0 Å². The van der Waals surface area contributed by atoms with Crippen LogP contribution in [0.1, 0.15) is 45.6 Å². The number of carbonyl (C=O) groups excluding carboxylic acids is 2. The summed E-state index contributed by atoms with van der Waals surface area (Å²) in [5, 5.41) is 5.72. The zero-order valence-electron chi connectivity index (χ0n) is 14.3. The van der Waals surface area contributed by atoms with Gasteiger partial charge in [0.25, 0.3) is 0 Å². The van der Waals surface area contributed by atoms with Gasteiger partial charge >= 0.3 is 6.09 Å². The maximum Gasteiger partial charge on any atom is 0.407 e. The second kappa shape index (κ2) is 7.02. The van der Waals surface area contributed by atoms with E-state index < -0.39 is 11.7 Å². The average Bonchev–Trinajstić information content (AvgIpc) is 2.45. The Balaban J connectivity index is 1.96. The van der Waals surface area contributed by atoms with Crippen LogP contribution in [0.2, 0.25) is 0 Å². The minimum atomic E-state index is -0.542. The highest BCUT2D eigenvalue weighted by Crippen LogP contribution is 2.31. The first-order valence-electron chi connectivity index (χ1n) is 8.08. The van der Waals surface area contributed by atoms with Crippen molar-refractivity contribution in [2.24, 2.45) is 5.92 Å². The number of hydrogen-bond donors (Lipinski definition) is 2. The number of hydrogen-bond acceptors (Lipinski definition) is 3. The lowest BCUT2D eigenvalue weighted by atomic mass is 9.80. The molecule has 5 heteroatoms. The molecule has 5 nitrogen and oxygen atoms in total. The van der Waals surface area contributed by atoms with Gasteiger partial charge in [0.1, 0.15) is 5.60 Å². The van der Waals surface area contributed by atoms with Crippen LogP contribution < -0.4 is 10.6 Å². The molecule has 1 aromatic carbocycles. The van der Waals surface area contributed by atoms with Crippen LogP contribution >= 0.6 is 0 Å². The van der Waals surface area contributed by atoms with E-state index in [9.17, 15) is 9.59 Å². The van der Waals surface area contributed by atoms with Crippen molar-refractivity contribution in [3.63, 3.8) is 0 Å². The molecule has 1 aromatic rings.